The molecule has 0 spiro atoms. The van der Waals surface area contributed by atoms with E-state index >= 15 is 0 Å². The molecule has 0 aliphatic rings. The number of nitrogens with zero attached hydrogens (tertiary/aromatic N) is 4. The largest absolute Gasteiger partial charge is 0.495 e. The number of thiophene rings is 1. The van der Waals surface area contributed by atoms with Crippen molar-refractivity contribution in [2.24, 2.45) is 0 Å². The monoisotopic (exact) mass is 404 g/mol. The molecule has 2 heterocycles. The third kappa shape index (κ3) is 3.65. The lowest BCUT2D eigenvalue weighted by Gasteiger charge is -2.13. The minimum atomic E-state index is 0.656. The molecule has 4 rings (SSSR count). The van der Waals surface area contributed by atoms with Crippen molar-refractivity contribution in [1.29, 1.82) is 5.26 Å². The van der Waals surface area contributed by atoms with E-state index in [-0.39, 0.29) is 0 Å². The van der Waals surface area contributed by atoms with Gasteiger partial charge in [0, 0.05) is 5.75 Å². The molecular formula is C21H16N4OS2. The molecule has 0 unspecified atom stereocenters. The summed E-state index contributed by atoms with van der Waals surface area (Å²) in [7, 11) is 1.66. The van der Waals surface area contributed by atoms with Gasteiger partial charge >= 0.3 is 0 Å². The fourth-order valence-corrected chi connectivity index (χ4v) is 4.43. The number of ether oxygens (including phenoxy) is 1. The van der Waals surface area contributed by atoms with Crippen LogP contribution >= 0.6 is 23.1 Å². The van der Waals surface area contributed by atoms with Crippen LogP contribution in [0.25, 0.3) is 16.4 Å². The molecule has 7 heteroatoms. The number of para-hydroxylation sites is 2. The van der Waals surface area contributed by atoms with E-state index in [1.165, 1.54) is 0 Å². The van der Waals surface area contributed by atoms with E-state index in [0.717, 1.165) is 32.9 Å². The van der Waals surface area contributed by atoms with Gasteiger partial charge in [0.2, 0.25) is 0 Å². The molecule has 0 saturated carbocycles. The number of thioether (sulfide) groups is 1. The first-order valence-electron chi connectivity index (χ1n) is 8.54. The van der Waals surface area contributed by atoms with Crippen LogP contribution in [0.4, 0.5) is 0 Å². The predicted molar refractivity (Wildman–Crippen MR) is 112 cm³/mol. The van der Waals surface area contributed by atoms with Gasteiger partial charge in [-0.05, 0) is 41.3 Å². The summed E-state index contributed by atoms with van der Waals surface area (Å²) < 4.78 is 7.60. The molecule has 0 saturated heterocycles. The molecule has 2 aromatic heterocycles. The van der Waals surface area contributed by atoms with Crippen LogP contribution in [0.2, 0.25) is 0 Å². The van der Waals surface area contributed by atoms with Gasteiger partial charge in [0.05, 0.1) is 29.3 Å². The van der Waals surface area contributed by atoms with E-state index in [9.17, 15) is 0 Å². The Kier molecular flexibility index (Phi) is 5.42. The van der Waals surface area contributed by atoms with Gasteiger partial charge in [-0.1, -0.05) is 42.1 Å². The van der Waals surface area contributed by atoms with Gasteiger partial charge in [-0.15, -0.1) is 21.5 Å². The summed E-state index contributed by atoms with van der Waals surface area (Å²) in [6.45, 7) is 0. The standard InChI is InChI=1S/C21H16N4OS2/c1-26-18-9-3-2-8-17(18)25-20(19-10-5-11-27-19)23-24-21(25)28-14-16-7-4-6-15(12-16)13-22/h2-12H,14H2,1H3. The smallest absolute Gasteiger partial charge is 0.196 e. The maximum Gasteiger partial charge on any atom is 0.196 e. The number of aromatic nitrogens is 3. The molecule has 0 N–H and O–H groups in total. The van der Waals surface area contributed by atoms with Crippen molar-refractivity contribution in [3.63, 3.8) is 0 Å². The Hall–Kier alpha value is -3.08. The first-order chi connectivity index (χ1) is 13.8. The van der Waals surface area contributed by atoms with Crippen LogP contribution in [0.15, 0.2) is 71.2 Å². The second-order valence-corrected chi connectivity index (χ2v) is 7.78. The predicted octanol–water partition coefficient (Wildman–Crippen LogP) is 5.17. The number of hydrogen-bond donors (Lipinski definition) is 0. The van der Waals surface area contributed by atoms with Gasteiger partial charge in [-0.25, -0.2) is 0 Å². The summed E-state index contributed by atoms with van der Waals surface area (Å²) in [6, 6.07) is 21.7. The zero-order chi connectivity index (χ0) is 19.3. The highest BCUT2D eigenvalue weighted by molar-refractivity contribution is 7.98. The minimum absolute atomic E-state index is 0.656. The molecule has 0 aliphatic heterocycles. The Balaban J connectivity index is 1.74. The summed E-state index contributed by atoms with van der Waals surface area (Å²) in [5.41, 5.74) is 2.62. The molecule has 5 nitrogen and oxygen atoms in total. The second-order valence-electron chi connectivity index (χ2n) is 5.89. The summed E-state index contributed by atoms with van der Waals surface area (Å²) in [6.07, 6.45) is 0. The maximum atomic E-state index is 9.11. The molecule has 2 aromatic carbocycles. The lowest BCUT2D eigenvalue weighted by molar-refractivity contribution is 0.412. The third-order valence-corrected chi connectivity index (χ3v) is 5.99. The first-order valence-corrected chi connectivity index (χ1v) is 10.4. The zero-order valence-electron chi connectivity index (χ0n) is 15.1. The third-order valence-electron chi connectivity index (χ3n) is 4.13. The van der Waals surface area contributed by atoms with E-state index in [4.69, 9.17) is 10.00 Å². The van der Waals surface area contributed by atoms with Crippen LogP contribution in [0.1, 0.15) is 11.1 Å². The molecule has 0 atom stereocenters. The van der Waals surface area contributed by atoms with Crippen LogP contribution in [0.3, 0.4) is 0 Å². The van der Waals surface area contributed by atoms with Crippen molar-refractivity contribution in [3.05, 3.63) is 77.2 Å². The van der Waals surface area contributed by atoms with Crippen molar-refractivity contribution >= 4 is 23.1 Å². The van der Waals surface area contributed by atoms with Crippen LogP contribution in [0, 0.1) is 11.3 Å². The highest BCUT2D eigenvalue weighted by atomic mass is 32.2. The molecule has 138 valence electrons. The van der Waals surface area contributed by atoms with Crippen molar-refractivity contribution in [2.75, 3.05) is 7.11 Å². The van der Waals surface area contributed by atoms with Gasteiger partial charge in [0.25, 0.3) is 0 Å². The normalized spacial score (nSPS) is 10.6. The fraction of sp³-hybridized carbons (Fsp3) is 0.0952. The highest BCUT2D eigenvalue weighted by Gasteiger charge is 2.19. The highest BCUT2D eigenvalue weighted by Crippen LogP contribution is 2.34. The average Bonchev–Trinajstić information content (AvgIpc) is 3.42. The Morgan fingerprint density at radius 1 is 1.11 bits per heavy atom. The summed E-state index contributed by atoms with van der Waals surface area (Å²) in [5.74, 6) is 2.23. The van der Waals surface area contributed by atoms with E-state index < -0.39 is 0 Å². The second kappa shape index (κ2) is 8.30. The van der Waals surface area contributed by atoms with Crippen molar-refractivity contribution in [1.82, 2.24) is 14.8 Å². The summed E-state index contributed by atoms with van der Waals surface area (Å²) in [4.78, 5) is 1.04. The van der Waals surface area contributed by atoms with Crippen molar-refractivity contribution < 1.29 is 4.74 Å². The van der Waals surface area contributed by atoms with Gasteiger partial charge in [-0.2, -0.15) is 5.26 Å². The molecule has 0 amide bonds. The topological polar surface area (TPSA) is 63.7 Å². The number of methoxy groups -OCH3 is 1. The summed E-state index contributed by atoms with van der Waals surface area (Å²) in [5, 5.41) is 20.8. The van der Waals surface area contributed by atoms with Crippen molar-refractivity contribution in [2.45, 2.75) is 10.9 Å². The van der Waals surface area contributed by atoms with Gasteiger partial charge in [-0.3, -0.25) is 4.57 Å². The first kappa shape index (κ1) is 18.3. The average molecular weight is 405 g/mol. The molecule has 4 aromatic rings. The van der Waals surface area contributed by atoms with Crippen LogP contribution in [-0.2, 0) is 5.75 Å². The molecule has 28 heavy (non-hydrogen) atoms. The lowest BCUT2D eigenvalue weighted by atomic mass is 10.2. The Labute approximate surface area is 171 Å². The Morgan fingerprint density at radius 2 is 2.00 bits per heavy atom. The van der Waals surface area contributed by atoms with E-state index in [1.807, 2.05) is 64.5 Å². The Bertz CT molecular complexity index is 1130. The van der Waals surface area contributed by atoms with E-state index in [1.54, 1.807) is 36.3 Å². The SMILES string of the molecule is COc1ccccc1-n1c(SCc2cccc(C#N)c2)nnc1-c1cccs1. The summed E-state index contributed by atoms with van der Waals surface area (Å²) >= 11 is 3.20. The van der Waals surface area contributed by atoms with Crippen LogP contribution < -0.4 is 4.74 Å². The van der Waals surface area contributed by atoms with Gasteiger partial charge in [0.15, 0.2) is 11.0 Å². The fourth-order valence-electron chi connectivity index (χ4n) is 2.84. The van der Waals surface area contributed by atoms with Crippen molar-refractivity contribution in [3.8, 4) is 28.2 Å². The maximum absolute atomic E-state index is 9.11. The van der Waals surface area contributed by atoms with E-state index in [0.29, 0.717) is 11.3 Å². The molecule has 0 bridgehead atoms. The number of hydrogen-bond acceptors (Lipinski definition) is 6. The molecule has 0 fully saturated rings. The van der Waals surface area contributed by atoms with Crippen LogP contribution in [-0.4, -0.2) is 21.9 Å². The van der Waals surface area contributed by atoms with E-state index in [2.05, 4.69) is 16.3 Å². The molecular weight excluding hydrogens is 388 g/mol. The van der Waals surface area contributed by atoms with Crippen LogP contribution in [0.5, 0.6) is 5.75 Å². The molecule has 0 aliphatic carbocycles. The Morgan fingerprint density at radius 3 is 2.79 bits per heavy atom. The quantitative estimate of drug-likeness (QED) is 0.415. The zero-order valence-corrected chi connectivity index (χ0v) is 16.7. The number of benzene rings is 2. The lowest BCUT2D eigenvalue weighted by Crippen LogP contribution is -2.01. The number of rotatable bonds is 6. The number of nitriles is 1. The van der Waals surface area contributed by atoms with Gasteiger partial charge in [0.1, 0.15) is 5.75 Å². The van der Waals surface area contributed by atoms with Gasteiger partial charge < -0.3 is 4.74 Å². The molecule has 0 radical (unpaired) electrons. The minimum Gasteiger partial charge on any atom is -0.495 e.